The van der Waals surface area contributed by atoms with Crippen LogP contribution < -0.4 is 0 Å². The number of nitrogens with zero attached hydrogens (tertiary/aromatic N) is 4. The van der Waals surface area contributed by atoms with Crippen molar-refractivity contribution in [3.8, 4) is 56.4 Å². The molecule has 0 fully saturated rings. The summed E-state index contributed by atoms with van der Waals surface area (Å²) in [5.74, 6) is 1.31. The molecule has 4 heteroatoms. The van der Waals surface area contributed by atoms with E-state index in [9.17, 15) is 0 Å². The molecule has 7 rings (SSSR count). The van der Waals surface area contributed by atoms with E-state index >= 15 is 0 Å². The predicted molar refractivity (Wildman–Crippen MR) is 162 cm³/mol. The summed E-state index contributed by atoms with van der Waals surface area (Å²) >= 11 is 0. The third-order valence-electron chi connectivity index (χ3n) is 6.96. The van der Waals surface area contributed by atoms with E-state index in [1.54, 1.807) is 12.4 Å². The maximum Gasteiger partial charge on any atom is 0.160 e. The summed E-state index contributed by atoms with van der Waals surface area (Å²) in [6, 6.07) is 45.7. The minimum Gasteiger partial charge on any atom is -0.237 e. The lowest BCUT2D eigenvalue weighted by Gasteiger charge is -2.13. The topological polar surface area (TPSA) is 51.6 Å². The van der Waals surface area contributed by atoms with Crippen LogP contribution in [-0.4, -0.2) is 19.9 Å². The van der Waals surface area contributed by atoms with E-state index in [0.29, 0.717) is 11.6 Å². The van der Waals surface area contributed by atoms with Gasteiger partial charge in [-0.25, -0.2) is 19.9 Å². The standard InChI is InChI=1S/C36H24N4/c1-3-11-26(12-4-1)33-24-34(27-13-5-2-6-14-27)40-36(39-33)32-22-30(21-31(23-32)35-37-18-9-19-38-35)29-17-16-25-10-7-8-15-28(25)20-29/h1-24H. The van der Waals surface area contributed by atoms with Crippen LogP contribution in [0.2, 0.25) is 0 Å². The Kier molecular flexibility index (Phi) is 6.11. The van der Waals surface area contributed by atoms with Crippen molar-refractivity contribution in [1.82, 2.24) is 19.9 Å². The summed E-state index contributed by atoms with van der Waals surface area (Å²) in [5.41, 5.74) is 7.82. The monoisotopic (exact) mass is 512 g/mol. The minimum absolute atomic E-state index is 0.653. The normalized spacial score (nSPS) is 11.0. The largest absolute Gasteiger partial charge is 0.237 e. The van der Waals surface area contributed by atoms with Gasteiger partial charge < -0.3 is 0 Å². The summed E-state index contributed by atoms with van der Waals surface area (Å²) in [4.78, 5) is 19.2. The van der Waals surface area contributed by atoms with E-state index in [0.717, 1.165) is 44.8 Å². The molecule has 2 aromatic heterocycles. The smallest absolute Gasteiger partial charge is 0.160 e. The Morgan fingerprint density at radius 2 is 0.875 bits per heavy atom. The zero-order valence-corrected chi connectivity index (χ0v) is 21.6. The van der Waals surface area contributed by atoms with Gasteiger partial charge in [-0.05, 0) is 58.3 Å². The van der Waals surface area contributed by atoms with Gasteiger partial charge in [-0.2, -0.15) is 0 Å². The van der Waals surface area contributed by atoms with E-state index in [2.05, 4.69) is 101 Å². The molecule has 40 heavy (non-hydrogen) atoms. The summed E-state index contributed by atoms with van der Waals surface area (Å²) in [7, 11) is 0. The molecule has 2 heterocycles. The molecule has 188 valence electrons. The van der Waals surface area contributed by atoms with Crippen LogP contribution in [0.5, 0.6) is 0 Å². The molecule has 0 aliphatic heterocycles. The van der Waals surface area contributed by atoms with Crippen LogP contribution in [0, 0.1) is 0 Å². The highest BCUT2D eigenvalue weighted by Gasteiger charge is 2.14. The molecule has 0 aliphatic rings. The van der Waals surface area contributed by atoms with Crippen molar-refractivity contribution in [2.24, 2.45) is 0 Å². The zero-order valence-electron chi connectivity index (χ0n) is 21.6. The molecular weight excluding hydrogens is 488 g/mol. The first-order valence-corrected chi connectivity index (χ1v) is 13.2. The van der Waals surface area contributed by atoms with E-state index < -0.39 is 0 Å². The molecule has 4 nitrogen and oxygen atoms in total. The van der Waals surface area contributed by atoms with E-state index in [1.807, 2.05) is 42.5 Å². The average Bonchev–Trinajstić information content (AvgIpc) is 3.05. The van der Waals surface area contributed by atoms with Crippen LogP contribution in [0.3, 0.4) is 0 Å². The Morgan fingerprint density at radius 1 is 0.325 bits per heavy atom. The van der Waals surface area contributed by atoms with Gasteiger partial charge >= 0.3 is 0 Å². The van der Waals surface area contributed by atoms with Crippen molar-refractivity contribution in [3.63, 3.8) is 0 Å². The van der Waals surface area contributed by atoms with Gasteiger partial charge in [0.15, 0.2) is 11.6 Å². The average molecular weight is 513 g/mol. The summed E-state index contributed by atoms with van der Waals surface area (Å²) in [5, 5.41) is 2.40. The highest BCUT2D eigenvalue weighted by atomic mass is 14.9. The molecule has 0 amide bonds. The molecule has 0 saturated heterocycles. The number of fused-ring (bicyclic) bond motifs is 1. The Labute approximate surface area is 232 Å². The summed E-state index contributed by atoms with van der Waals surface area (Å²) in [6.07, 6.45) is 3.54. The van der Waals surface area contributed by atoms with Crippen LogP contribution >= 0.6 is 0 Å². The number of hydrogen-bond donors (Lipinski definition) is 0. The summed E-state index contributed by atoms with van der Waals surface area (Å²) in [6.45, 7) is 0. The van der Waals surface area contributed by atoms with Crippen LogP contribution in [-0.2, 0) is 0 Å². The van der Waals surface area contributed by atoms with Crippen molar-refractivity contribution >= 4 is 10.8 Å². The highest BCUT2D eigenvalue weighted by Crippen LogP contribution is 2.34. The molecule has 0 spiro atoms. The van der Waals surface area contributed by atoms with Gasteiger partial charge in [-0.3, -0.25) is 0 Å². The second-order valence-corrected chi connectivity index (χ2v) is 9.63. The maximum atomic E-state index is 5.07. The molecular formula is C36H24N4. The first-order valence-electron chi connectivity index (χ1n) is 13.2. The first kappa shape index (κ1) is 23.6. The predicted octanol–water partition coefficient (Wildman–Crippen LogP) is 8.75. The van der Waals surface area contributed by atoms with Crippen molar-refractivity contribution < 1.29 is 0 Å². The number of rotatable bonds is 5. The molecule has 0 radical (unpaired) electrons. The molecule has 0 aliphatic carbocycles. The molecule has 0 bridgehead atoms. The van der Waals surface area contributed by atoms with Gasteiger partial charge in [0, 0.05) is 34.6 Å². The summed E-state index contributed by atoms with van der Waals surface area (Å²) < 4.78 is 0. The van der Waals surface area contributed by atoms with Crippen LogP contribution in [0.1, 0.15) is 0 Å². The van der Waals surface area contributed by atoms with E-state index in [1.165, 1.54) is 10.8 Å². The van der Waals surface area contributed by atoms with Gasteiger partial charge in [0.05, 0.1) is 11.4 Å². The number of aromatic nitrogens is 4. The zero-order chi connectivity index (χ0) is 26.7. The molecule has 0 unspecified atom stereocenters. The number of hydrogen-bond acceptors (Lipinski definition) is 4. The Bertz CT molecular complexity index is 1880. The van der Waals surface area contributed by atoms with Gasteiger partial charge in [-0.15, -0.1) is 0 Å². The van der Waals surface area contributed by atoms with Crippen molar-refractivity contribution in [1.29, 1.82) is 0 Å². The van der Waals surface area contributed by atoms with Gasteiger partial charge in [-0.1, -0.05) is 97.1 Å². The fraction of sp³-hybridized carbons (Fsp3) is 0. The fourth-order valence-corrected chi connectivity index (χ4v) is 4.96. The Balaban J connectivity index is 1.45. The van der Waals surface area contributed by atoms with E-state index in [-0.39, 0.29) is 0 Å². The van der Waals surface area contributed by atoms with Crippen molar-refractivity contribution in [2.75, 3.05) is 0 Å². The molecule has 0 atom stereocenters. The lowest BCUT2D eigenvalue weighted by molar-refractivity contribution is 1.17. The lowest BCUT2D eigenvalue weighted by Crippen LogP contribution is -1.97. The lowest BCUT2D eigenvalue weighted by atomic mass is 9.96. The number of benzene rings is 5. The SMILES string of the molecule is c1ccc(-c2cc(-c3ccccc3)nc(-c3cc(-c4ccc5ccccc5c4)cc(-c4ncccn4)c3)n2)cc1. The highest BCUT2D eigenvalue weighted by molar-refractivity contribution is 5.89. The van der Waals surface area contributed by atoms with Gasteiger partial charge in [0.25, 0.3) is 0 Å². The maximum absolute atomic E-state index is 5.07. The van der Waals surface area contributed by atoms with Gasteiger partial charge in [0.2, 0.25) is 0 Å². The van der Waals surface area contributed by atoms with Gasteiger partial charge in [0.1, 0.15) is 0 Å². The third-order valence-corrected chi connectivity index (χ3v) is 6.96. The minimum atomic E-state index is 0.653. The molecule has 5 aromatic carbocycles. The molecule has 7 aromatic rings. The van der Waals surface area contributed by atoms with Crippen LogP contribution in [0.4, 0.5) is 0 Å². The quantitative estimate of drug-likeness (QED) is 0.231. The molecule has 0 N–H and O–H groups in total. The fourth-order valence-electron chi connectivity index (χ4n) is 4.96. The molecule has 0 saturated carbocycles. The third kappa shape index (κ3) is 4.74. The Hall–Kier alpha value is -5.48. The van der Waals surface area contributed by atoms with Crippen molar-refractivity contribution in [3.05, 3.63) is 146 Å². The van der Waals surface area contributed by atoms with Crippen molar-refractivity contribution in [2.45, 2.75) is 0 Å². The Morgan fingerprint density at radius 3 is 1.52 bits per heavy atom. The second kappa shape index (κ2) is 10.4. The van der Waals surface area contributed by atoms with E-state index in [4.69, 9.17) is 9.97 Å². The second-order valence-electron chi connectivity index (χ2n) is 9.63. The van der Waals surface area contributed by atoms with Crippen LogP contribution in [0.15, 0.2) is 146 Å². The first-order chi connectivity index (χ1) is 19.8. The van der Waals surface area contributed by atoms with Crippen LogP contribution in [0.25, 0.3) is 67.2 Å².